The van der Waals surface area contributed by atoms with Crippen LogP contribution in [0, 0.1) is 0 Å². The SMILES string of the molecule is CCCCC/C=C\C/C=C\CCCCCCCCCCCCCC(=O)NC(COP(=O)(O)OCC(O)COC(=O)CCCCCCCCCCCCCCCCCCCCCCCC)C(=O)O. The lowest BCUT2D eigenvalue weighted by Gasteiger charge is -2.18. The second-order valence-corrected chi connectivity index (χ2v) is 20.6. The molecule has 3 atom stereocenters. The van der Waals surface area contributed by atoms with Crippen molar-refractivity contribution in [1.82, 2.24) is 5.32 Å². The standard InChI is InChI=1S/C55H104NO10P/c1-3-5-7-9-11-13-15-17-19-21-23-25-27-29-31-33-35-37-39-41-43-45-47-54(59)64-48-51(57)49-65-67(62,63)66-50-52(55(60)61)56-53(58)46-44-42-40-38-36-34-32-30-28-26-24-22-20-18-16-14-12-10-8-6-4-2/h12,14,18,20,51-52,57H,3-11,13,15-17,19,21-50H2,1-2H3,(H,56,58)(H,60,61)(H,62,63)/b14-12-,20-18-. The summed E-state index contributed by atoms with van der Waals surface area (Å²) in [6, 6.07) is -1.55. The van der Waals surface area contributed by atoms with Gasteiger partial charge in [0, 0.05) is 12.8 Å². The fourth-order valence-corrected chi connectivity index (χ4v) is 8.95. The first kappa shape index (κ1) is 65.0. The van der Waals surface area contributed by atoms with Crippen molar-refractivity contribution in [2.24, 2.45) is 0 Å². The Bertz CT molecular complexity index is 1230. The maximum Gasteiger partial charge on any atom is 0.472 e. The van der Waals surface area contributed by atoms with Crippen LogP contribution in [0.3, 0.4) is 0 Å². The second kappa shape index (κ2) is 50.4. The zero-order valence-corrected chi connectivity index (χ0v) is 44.1. The quantitative estimate of drug-likeness (QED) is 0.0199. The van der Waals surface area contributed by atoms with Crippen molar-refractivity contribution in [2.75, 3.05) is 19.8 Å². The first-order chi connectivity index (χ1) is 32.6. The molecule has 3 unspecified atom stereocenters. The second-order valence-electron chi connectivity index (χ2n) is 19.1. The van der Waals surface area contributed by atoms with E-state index in [0.29, 0.717) is 12.8 Å². The van der Waals surface area contributed by atoms with E-state index in [0.717, 1.165) is 44.9 Å². The minimum atomic E-state index is -4.76. The highest BCUT2D eigenvalue weighted by Crippen LogP contribution is 2.43. The molecule has 0 fully saturated rings. The molecule has 0 heterocycles. The third-order valence-electron chi connectivity index (χ3n) is 12.5. The Hall–Kier alpha value is -2.04. The lowest BCUT2D eigenvalue weighted by atomic mass is 10.0. The zero-order chi connectivity index (χ0) is 49.2. The lowest BCUT2D eigenvalue weighted by molar-refractivity contribution is -0.147. The first-order valence-corrected chi connectivity index (χ1v) is 29.4. The molecule has 0 saturated carbocycles. The molecule has 0 spiro atoms. The van der Waals surface area contributed by atoms with Crippen LogP contribution in [0.15, 0.2) is 24.3 Å². The van der Waals surface area contributed by atoms with Gasteiger partial charge < -0.3 is 25.2 Å². The number of aliphatic carboxylic acids is 1. The summed E-state index contributed by atoms with van der Waals surface area (Å²) in [6.45, 7) is 2.63. The van der Waals surface area contributed by atoms with Gasteiger partial charge in [-0.25, -0.2) is 9.36 Å². The normalized spacial score (nSPS) is 13.6. The van der Waals surface area contributed by atoms with Crippen molar-refractivity contribution >= 4 is 25.7 Å². The number of rotatable bonds is 53. The predicted molar refractivity (Wildman–Crippen MR) is 277 cm³/mol. The van der Waals surface area contributed by atoms with Crippen molar-refractivity contribution in [3.63, 3.8) is 0 Å². The number of amides is 1. The average molecular weight is 970 g/mol. The average Bonchev–Trinajstić information content (AvgIpc) is 3.31. The molecule has 394 valence electrons. The topological polar surface area (TPSA) is 169 Å². The van der Waals surface area contributed by atoms with E-state index in [1.807, 2.05) is 0 Å². The van der Waals surface area contributed by atoms with Crippen LogP contribution in [0.1, 0.15) is 277 Å². The van der Waals surface area contributed by atoms with Gasteiger partial charge in [-0.3, -0.25) is 18.6 Å². The van der Waals surface area contributed by atoms with Gasteiger partial charge in [0.15, 0.2) is 6.04 Å². The summed E-state index contributed by atoms with van der Waals surface area (Å²) in [6.07, 6.45) is 56.3. The third-order valence-corrected chi connectivity index (χ3v) is 13.4. The van der Waals surface area contributed by atoms with E-state index < -0.39 is 57.6 Å². The number of phosphoric acid groups is 1. The monoisotopic (exact) mass is 970 g/mol. The summed E-state index contributed by atoms with van der Waals surface area (Å²) < 4.78 is 27.0. The highest BCUT2D eigenvalue weighted by Gasteiger charge is 2.28. The number of ether oxygens (including phenoxy) is 1. The molecule has 0 rings (SSSR count). The Morgan fingerprint density at radius 2 is 0.821 bits per heavy atom. The van der Waals surface area contributed by atoms with Crippen LogP contribution in [-0.4, -0.2) is 64.9 Å². The van der Waals surface area contributed by atoms with Gasteiger partial charge in [-0.2, -0.15) is 0 Å². The molecule has 0 saturated heterocycles. The molecule has 1 amide bonds. The molecule has 11 nitrogen and oxygen atoms in total. The molecule has 12 heteroatoms. The van der Waals surface area contributed by atoms with Crippen LogP contribution in [0.4, 0.5) is 0 Å². The Labute approximate surface area is 410 Å². The van der Waals surface area contributed by atoms with Crippen molar-refractivity contribution < 1.29 is 47.8 Å². The Morgan fingerprint density at radius 3 is 1.24 bits per heavy atom. The van der Waals surface area contributed by atoms with Gasteiger partial charge in [0.25, 0.3) is 0 Å². The largest absolute Gasteiger partial charge is 0.480 e. The molecular formula is C55H104NO10P. The molecular weight excluding hydrogens is 866 g/mol. The minimum absolute atomic E-state index is 0.145. The van der Waals surface area contributed by atoms with Crippen molar-refractivity contribution in [3.8, 4) is 0 Å². The van der Waals surface area contributed by atoms with Crippen LogP contribution in [0.5, 0.6) is 0 Å². The molecule has 0 aliphatic heterocycles. The van der Waals surface area contributed by atoms with E-state index in [1.54, 1.807) is 0 Å². The van der Waals surface area contributed by atoms with E-state index in [9.17, 15) is 34.1 Å². The number of phosphoric ester groups is 1. The molecule has 4 N–H and O–H groups in total. The molecule has 0 aromatic rings. The van der Waals surface area contributed by atoms with Gasteiger partial charge in [-0.05, 0) is 44.9 Å². The van der Waals surface area contributed by atoms with Crippen molar-refractivity contribution in [3.05, 3.63) is 24.3 Å². The highest BCUT2D eigenvalue weighted by molar-refractivity contribution is 7.47. The highest BCUT2D eigenvalue weighted by atomic mass is 31.2. The number of aliphatic hydroxyl groups is 1. The number of unbranched alkanes of at least 4 members (excludes halogenated alkanes) is 35. The summed E-state index contributed by atoms with van der Waals surface area (Å²) in [7, 11) is -4.76. The zero-order valence-electron chi connectivity index (χ0n) is 43.2. The number of carbonyl (C=O) groups excluding carboxylic acids is 2. The fraction of sp³-hybridized carbons (Fsp3) is 0.873. The van der Waals surface area contributed by atoms with Crippen LogP contribution >= 0.6 is 7.82 Å². The van der Waals surface area contributed by atoms with E-state index in [4.69, 9.17) is 13.8 Å². The van der Waals surface area contributed by atoms with Gasteiger partial charge in [-0.1, -0.05) is 244 Å². The van der Waals surface area contributed by atoms with Crippen LogP contribution in [0.2, 0.25) is 0 Å². The van der Waals surface area contributed by atoms with Crippen LogP contribution in [-0.2, 0) is 32.7 Å². The minimum Gasteiger partial charge on any atom is -0.480 e. The van der Waals surface area contributed by atoms with E-state index in [2.05, 4.69) is 43.5 Å². The lowest BCUT2D eigenvalue weighted by Crippen LogP contribution is -2.43. The summed E-state index contributed by atoms with van der Waals surface area (Å²) in [5, 5.41) is 22.0. The molecule has 0 aliphatic carbocycles. The Morgan fingerprint density at radius 1 is 0.478 bits per heavy atom. The van der Waals surface area contributed by atoms with Crippen LogP contribution < -0.4 is 5.32 Å². The third kappa shape index (κ3) is 50.2. The molecule has 0 aromatic carbocycles. The van der Waals surface area contributed by atoms with E-state index in [1.165, 1.54) is 193 Å². The molecule has 0 radical (unpaired) electrons. The number of esters is 1. The van der Waals surface area contributed by atoms with Crippen molar-refractivity contribution in [2.45, 2.75) is 289 Å². The van der Waals surface area contributed by atoms with Gasteiger partial charge in [0.2, 0.25) is 5.91 Å². The maximum absolute atomic E-state index is 12.4. The maximum atomic E-state index is 12.4. The van der Waals surface area contributed by atoms with Gasteiger partial charge in [0.1, 0.15) is 12.7 Å². The number of hydrogen-bond acceptors (Lipinski definition) is 8. The number of carboxylic acid groups (broad SMARTS) is 1. The predicted octanol–water partition coefficient (Wildman–Crippen LogP) is 15.7. The van der Waals surface area contributed by atoms with Gasteiger partial charge in [-0.15, -0.1) is 0 Å². The number of aliphatic hydroxyl groups excluding tert-OH is 1. The number of carbonyl (C=O) groups is 3. The number of nitrogens with one attached hydrogen (secondary N) is 1. The Balaban J connectivity index is 3.76. The smallest absolute Gasteiger partial charge is 0.472 e. The molecule has 0 aromatic heterocycles. The van der Waals surface area contributed by atoms with E-state index in [-0.39, 0.29) is 12.8 Å². The summed E-state index contributed by atoms with van der Waals surface area (Å²) in [5.41, 5.74) is 0. The molecule has 0 aliphatic rings. The van der Waals surface area contributed by atoms with E-state index >= 15 is 0 Å². The number of allylic oxidation sites excluding steroid dienone is 4. The Kier molecular flexibility index (Phi) is 48.8. The fourth-order valence-electron chi connectivity index (χ4n) is 8.17. The molecule has 67 heavy (non-hydrogen) atoms. The van der Waals surface area contributed by atoms with Crippen LogP contribution in [0.25, 0.3) is 0 Å². The van der Waals surface area contributed by atoms with Crippen molar-refractivity contribution in [1.29, 1.82) is 0 Å². The summed E-state index contributed by atoms with van der Waals surface area (Å²) in [4.78, 5) is 46.2. The number of carboxylic acids is 1. The van der Waals surface area contributed by atoms with Gasteiger partial charge in [0.05, 0.1) is 13.2 Å². The summed E-state index contributed by atoms with van der Waals surface area (Å²) >= 11 is 0. The first-order valence-electron chi connectivity index (χ1n) is 27.9. The summed E-state index contributed by atoms with van der Waals surface area (Å²) in [5.74, 6) is -2.36. The molecule has 0 bridgehead atoms. The van der Waals surface area contributed by atoms with Gasteiger partial charge >= 0.3 is 19.8 Å². The number of hydrogen-bond donors (Lipinski definition) is 4.